The average molecular weight is 1760 g/mol. The molecule has 7 heterocycles. The van der Waals surface area contributed by atoms with Crippen LogP contribution in [0.1, 0.15) is 124 Å². The molecule has 3 aliphatic rings. The van der Waals surface area contributed by atoms with Crippen LogP contribution in [0.15, 0.2) is 171 Å². The van der Waals surface area contributed by atoms with E-state index in [4.69, 9.17) is 78.4 Å². The van der Waals surface area contributed by atoms with E-state index in [1.807, 2.05) is 49.4 Å². The van der Waals surface area contributed by atoms with Crippen molar-refractivity contribution in [3.05, 3.63) is 276 Å². The van der Waals surface area contributed by atoms with Gasteiger partial charge in [0.15, 0.2) is 0 Å². The number of sulfone groups is 1. The maximum Gasteiger partial charge on any atom is 0.328 e. The lowest BCUT2D eigenvalue weighted by molar-refractivity contribution is -0.140. The lowest BCUT2D eigenvalue weighted by atomic mass is 9.95. The fraction of sp³-hybridized carbons (Fsp3) is 0.217. The first-order valence-electron chi connectivity index (χ1n) is 36.3. The van der Waals surface area contributed by atoms with Crippen LogP contribution in [0, 0.1) is 0 Å². The lowest BCUT2D eigenvalue weighted by Gasteiger charge is -2.30. The third-order valence-electron chi connectivity index (χ3n) is 19.8. The average Bonchev–Trinajstić information content (AvgIpc) is 1.20. The number of fused-ring (bicyclic) bond motifs is 5. The maximum atomic E-state index is 13.2. The van der Waals surface area contributed by atoms with E-state index in [0.717, 1.165) is 51.2 Å². The molecule has 0 aliphatic carbocycles. The number of hydrogen-bond donors (Lipinski definition) is 9. The summed E-state index contributed by atoms with van der Waals surface area (Å²) in [5.41, 5.74) is 8.73. The molecule has 11 aromatic rings. The van der Waals surface area contributed by atoms with Gasteiger partial charge in [-0.25, -0.2) is 22.8 Å². The van der Waals surface area contributed by atoms with Crippen molar-refractivity contribution < 1.29 is 85.6 Å². The summed E-state index contributed by atoms with van der Waals surface area (Å²) in [7, 11) is -3.62. The van der Waals surface area contributed by atoms with Crippen LogP contribution in [0.5, 0.6) is 5.75 Å². The van der Waals surface area contributed by atoms with Crippen molar-refractivity contribution in [3.63, 3.8) is 0 Å². The molecule has 610 valence electrons. The second-order valence-corrected chi connectivity index (χ2v) is 32.9. The molecule has 0 bridgehead atoms. The van der Waals surface area contributed by atoms with Gasteiger partial charge < -0.3 is 65.2 Å². The number of furan rings is 2. The normalized spacial score (nSPS) is 13.8. The summed E-state index contributed by atoms with van der Waals surface area (Å²) in [6.07, 6.45) is 8.87. The molecule has 35 heteroatoms. The molecule has 27 nitrogen and oxygen atoms in total. The number of nitrogens with zero attached hydrogens (tertiary/aromatic N) is 4. The molecule has 14 rings (SSSR count). The molecule has 3 aliphatic heterocycles. The highest BCUT2D eigenvalue weighted by molar-refractivity contribution is 7.90. The molecule has 9 N–H and O–H groups in total. The fourth-order valence-corrected chi connectivity index (χ4v) is 17.1. The smallest absolute Gasteiger partial charge is 0.328 e. The van der Waals surface area contributed by atoms with Gasteiger partial charge in [0.2, 0.25) is 20.8 Å². The van der Waals surface area contributed by atoms with Crippen LogP contribution >= 0.6 is 80.9 Å². The number of rotatable bonds is 22. The molecule has 3 atom stereocenters. The van der Waals surface area contributed by atoms with Crippen molar-refractivity contribution in [2.75, 3.05) is 32.4 Å². The molecular weight excluding hydrogens is 1690 g/mol. The Balaban J connectivity index is 0.000000163. The molecule has 0 saturated carbocycles. The molecule has 118 heavy (non-hydrogen) atoms. The summed E-state index contributed by atoms with van der Waals surface area (Å²) in [5.74, 6) is -7.06. The molecule has 7 aromatic carbocycles. The van der Waals surface area contributed by atoms with Gasteiger partial charge in [0.05, 0.1) is 69.7 Å². The highest BCUT2D eigenvalue weighted by Gasteiger charge is 2.35. The zero-order valence-electron chi connectivity index (χ0n) is 62.4. The van der Waals surface area contributed by atoms with Crippen molar-refractivity contribution in [2.45, 2.75) is 88.3 Å². The van der Waals surface area contributed by atoms with E-state index in [9.17, 15) is 76.8 Å². The molecule has 4 aromatic heterocycles. The van der Waals surface area contributed by atoms with Gasteiger partial charge in [-0.2, -0.15) is 5.10 Å². The number of phenols is 1. The van der Waals surface area contributed by atoms with Gasteiger partial charge in [-0.05, 0) is 154 Å². The van der Waals surface area contributed by atoms with Crippen LogP contribution in [0.3, 0.4) is 0 Å². The molecule has 0 radical (unpaired) electrons. The number of aryl methyl sites for hydroxylation is 1. The minimum atomic E-state index is -3.62. The van der Waals surface area contributed by atoms with Crippen LogP contribution in [0.25, 0.3) is 27.9 Å². The number of benzene rings is 7. The molecule has 0 unspecified atom stereocenters. The van der Waals surface area contributed by atoms with E-state index >= 15 is 0 Å². The SMILES string of the molecule is CCc1cccc(C[C@H](NC(=O)c2c(Cl)cc3c(c2Cl)CCN(C(=O)c2ccc4ccoc4c2)C3)C(=O)O)c1.CS(=O)(=O)c1ccc(C[C@H](NC(=O)c2c(Cl)cc3c(c2Cl)CCN(C(=O)c2ccc4cn[nH]c4c2)C3)C(=O)O)o1.O=C(NC[C@H](NC(=O)c1c(Cl)cc2c(c1Cl)CCN(C(=O)/C=C/c1ccccc1O)C2)C(=O)O)c1cccs1. The van der Waals surface area contributed by atoms with Gasteiger partial charge in [-0.3, -0.25) is 38.7 Å². The van der Waals surface area contributed by atoms with Gasteiger partial charge in [0.25, 0.3) is 35.4 Å². The van der Waals surface area contributed by atoms with E-state index in [0.29, 0.717) is 88.3 Å². The predicted molar refractivity (Wildman–Crippen MR) is 443 cm³/mol. The second-order valence-electron chi connectivity index (χ2n) is 27.6. The van der Waals surface area contributed by atoms with Gasteiger partial charge >= 0.3 is 17.9 Å². The number of aromatic amines is 1. The predicted octanol–water partition coefficient (Wildman–Crippen LogP) is 13.4. The first-order chi connectivity index (χ1) is 56.3. The van der Waals surface area contributed by atoms with Gasteiger partial charge in [-0.1, -0.05) is 137 Å². The van der Waals surface area contributed by atoms with Crippen LogP contribution in [-0.2, 0) is 87.2 Å². The number of carbonyl (C=O) groups is 10. The van der Waals surface area contributed by atoms with E-state index in [1.165, 1.54) is 47.8 Å². The number of carboxylic acid groups (broad SMARTS) is 3. The highest BCUT2D eigenvalue weighted by Crippen LogP contribution is 2.39. The number of carboxylic acids is 3. The number of halogens is 6. The number of para-hydroxylation sites is 1. The summed E-state index contributed by atoms with van der Waals surface area (Å²) < 4.78 is 34.0. The van der Waals surface area contributed by atoms with E-state index < -0.39 is 69.5 Å². The molecule has 0 saturated heterocycles. The first-order valence-corrected chi connectivity index (χ1v) is 41.4. The van der Waals surface area contributed by atoms with Crippen LogP contribution < -0.4 is 21.3 Å². The van der Waals surface area contributed by atoms with Crippen LogP contribution in [-0.4, -0.2) is 164 Å². The summed E-state index contributed by atoms with van der Waals surface area (Å²) in [6, 6.07) is 33.2. The number of phenolic OH excluding ortho intramolecular Hbond substituents is 1. The van der Waals surface area contributed by atoms with Crippen molar-refractivity contribution >= 4 is 178 Å². The Morgan fingerprint density at radius 1 is 0.576 bits per heavy atom. The summed E-state index contributed by atoms with van der Waals surface area (Å²) in [5, 5.41) is 59.2. The second kappa shape index (κ2) is 37.4. The van der Waals surface area contributed by atoms with E-state index in [-0.39, 0.29) is 120 Å². The Kier molecular flexibility index (Phi) is 27.2. The molecule has 0 spiro atoms. The number of nitrogens with one attached hydrogen (secondary N) is 5. The Bertz CT molecular complexity index is 5970. The fourth-order valence-electron chi connectivity index (χ4n) is 13.6. The van der Waals surface area contributed by atoms with Crippen molar-refractivity contribution in [1.82, 2.24) is 46.2 Å². The number of carbonyl (C=O) groups excluding carboxylic acids is 7. The minimum Gasteiger partial charge on any atom is -0.507 e. The monoisotopic (exact) mass is 1760 g/mol. The van der Waals surface area contributed by atoms with Gasteiger partial charge in [-0.15, -0.1) is 11.3 Å². The first kappa shape index (κ1) is 85.8. The molecule has 0 fully saturated rings. The Labute approximate surface area is 707 Å². The van der Waals surface area contributed by atoms with E-state index in [2.05, 4.69) is 31.5 Å². The van der Waals surface area contributed by atoms with Crippen molar-refractivity contribution in [2.24, 2.45) is 0 Å². The summed E-state index contributed by atoms with van der Waals surface area (Å²) in [6.45, 7) is 3.43. The van der Waals surface area contributed by atoms with Gasteiger partial charge in [0, 0.05) is 98.4 Å². The lowest BCUT2D eigenvalue weighted by Crippen LogP contribution is -2.48. The third kappa shape index (κ3) is 20.0. The van der Waals surface area contributed by atoms with Crippen LogP contribution in [0.4, 0.5) is 0 Å². The Morgan fingerprint density at radius 3 is 1.64 bits per heavy atom. The maximum absolute atomic E-state index is 13.2. The zero-order valence-corrected chi connectivity index (χ0v) is 68.6. The number of aliphatic carboxylic acids is 3. The largest absolute Gasteiger partial charge is 0.507 e. The number of thiophene rings is 1. The van der Waals surface area contributed by atoms with Gasteiger partial charge in [0.1, 0.15) is 35.2 Å². The number of H-pyrrole nitrogens is 1. The van der Waals surface area contributed by atoms with Crippen molar-refractivity contribution in [1.29, 1.82) is 0 Å². The Hall–Kier alpha value is -11.5. The number of aromatic nitrogens is 2. The number of amides is 7. The number of aromatic hydroxyl groups is 1. The minimum absolute atomic E-state index is 0.00191. The topological polar surface area (TPSA) is 399 Å². The zero-order chi connectivity index (χ0) is 84.6. The quantitative estimate of drug-likeness (QED) is 0.0285. The summed E-state index contributed by atoms with van der Waals surface area (Å²) >= 11 is 40.4. The van der Waals surface area contributed by atoms with E-state index in [1.54, 1.807) is 99.3 Å². The molecule has 7 amide bonds. The summed E-state index contributed by atoms with van der Waals surface area (Å²) in [4.78, 5) is 132. The third-order valence-corrected chi connectivity index (χ3v) is 23.7. The van der Waals surface area contributed by atoms with Crippen LogP contribution in [0.2, 0.25) is 30.1 Å². The van der Waals surface area contributed by atoms with Crippen molar-refractivity contribution in [3.8, 4) is 5.75 Å². The highest BCUT2D eigenvalue weighted by atomic mass is 35.5. The molecular formula is C83H71Cl6N9O18S2. The Morgan fingerprint density at radius 2 is 1.10 bits per heavy atom. The number of hydrogen-bond acceptors (Lipinski definition) is 17. The standard InChI is InChI=1S/C30H26Cl2N2O5.C27H23Cl2N3O6S.C26H22Cl2N4O7S/c1-2-17-4-3-5-18(12-17)13-24(30(37)38)33-28(35)26-23(31)14-21-16-34(10-8-22(21)27(26)32)29(36)20-7-6-19-9-11-39-25(19)15-20;28-18-12-16-14-32(22(34)8-7-15-4-1-2-5-20(15)33)10-9-17(16)24(29)23(18)26(36)31-19(27(37)38)13-30-25(35)21-6-3-11-39-21;1-40(37,38)21-5-4-16(39-21)10-20(26(35)36)30-24(33)22-18(27)8-15-12-32(7-6-17(15)23(22)28)25(34)13-2-3-14-11-29-31-19(14)9-13/h3-7,9,11-12,14-15,24H,2,8,10,13,16H2,1H3,(H,33,35)(H,37,38);1-8,11-12,19,33H,9-10,13-14H2,(H,30,35)(H,31,36)(H,37,38);2-5,8-9,11,20H,6-7,10,12H2,1H3,(H,29,31)(H,30,33)(H,35,36)/b;8-7+;/t24-;19-;20-/m000/s1.